The zero-order valence-corrected chi connectivity index (χ0v) is 17.6. The van der Waals surface area contributed by atoms with Crippen LogP contribution < -0.4 is 5.32 Å². The fourth-order valence-corrected chi connectivity index (χ4v) is 3.92. The lowest BCUT2D eigenvalue weighted by Crippen LogP contribution is -2.12. The molecule has 3 aromatic rings. The number of thioether (sulfide) groups is 1. The van der Waals surface area contributed by atoms with E-state index in [1.54, 1.807) is 30.3 Å². The molecule has 0 spiro atoms. The highest BCUT2D eigenvalue weighted by Gasteiger charge is 2.13. The van der Waals surface area contributed by atoms with Crippen molar-refractivity contribution in [2.75, 3.05) is 11.1 Å². The minimum absolute atomic E-state index is 0.146. The van der Waals surface area contributed by atoms with Crippen LogP contribution in [0.25, 0.3) is 0 Å². The Hall–Kier alpha value is -2.87. The summed E-state index contributed by atoms with van der Waals surface area (Å²) >= 11 is 13.2. The number of nitrogens with zero attached hydrogens (tertiary/aromatic N) is 1. The summed E-state index contributed by atoms with van der Waals surface area (Å²) in [5.74, 6) is -0.457. The molecule has 0 heterocycles. The molecule has 0 aliphatic rings. The molecule has 0 radical (unpaired) electrons. The lowest BCUT2D eigenvalue weighted by molar-refractivity contribution is -0.384. The predicted octanol–water partition coefficient (Wildman–Crippen LogP) is 6.13. The van der Waals surface area contributed by atoms with Crippen LogP contribution in [0.5, 0.6) is 0 Å². The largest absolute Gasteiger partial charge is 0.322 e. The molecule has 1 N–H and O–H groups in total. The van der Waals surface area contributed by atoms with Crippen molar-refractivity contribution in [3.63, 3.8) is 0 Å². The van der Waals surface area contributed by atoms with Gasteiger partial charge in [-0.25, -0.2) is 0 Å². The number of anilines is 1. The highest BCUT2D eigenvalue weighted by Crippen LogP contribution is 2.26. The summed E-state index contributed by atoms with van der Waals surface area (Å²) in [6.07, 6.45) is 0. The first-order valence-electron chi connectivity index (χ1n) is 8.60. The maximum Gasteiger partial charge on any atom is 0.270 e. The van der Waals surface area contributed by atoms with Gasteiger partial charge < -0.3 is 5.32 Å². The summed E-state index contributed by atoms with van der Waals surface area (Å²) < 4.78 is 0. The number of benzene rings is 3. The molecule has 0 aliphatic heterocycles. The van der Waals surface area contributed by atoms with Gasteiger partial charge in [0, 0.05) is 38.9 Å². The van der Waals surface area contributed by atoms with Gasteiger partial charge in [-0.1, -0.05) is 35.3 Å². The number of nitrogens with one attached hydrogen (secondary N) is 1. The Balaban J connectivity index is 1.66. The SMILES string of the molecule is O=C(Nc1cccc(SCC(=O)c2ccc(Cl)cc2Cl)c1)c1cccc([N+](=O)[O-])c1. The highest BCUT2D eigenvalue weighted by molar-refractivity contribution is 8.00. The molecule has 1 amide bonds. The van der Waals surface area contributed by atoms with Crippen molar-refractivity contribution < 1.29 is 14.5 Å². The number of hydrogen-bond donors (Lipinski definition) is 1. The summed E-state index contributed by atoms with van der Waals surface area (Å²) in [4.78, 5) is 35.9. The Morgan fingerprint density at radius 2 is 1.77 bits per heavy atom. The maximum atomic E-state index is 12.4. The number of carbonyl (C=O) groups is 2. The van der Waals surface area contributed by atoms with E-state index < -0.39 is 10.8 Å². The Labute approximate surface area is 186 Å². The third-order valence-electron chi connectivity index (χ3n) is 4.01. The highest BCUT2D eigenvalue weighted by atomic mass is 35.5. The number of nitro groups is 1. The lowest BCUT2D eigenvalue weighted by atomic mass is 10.1. The Bertz CT molecular complexity index is 1140. The predicted molar refractivity (Wildman–Crippen MR) is 119 cm³/mol. The average molecular weight is 461 g/mol. The summed E-state index contributed by atoms with van der Waals surface area (Å²) in [7, 11) is 0. The van der Waals surface area contributed by atoms with Gasteiger partial charge in [0.05, 0.1) is 15.7 Å². The standard InChI is InChI=1S/C21H14Cl2N2O4S/c22-14-7-8-18(19(23)10-14)20(26)12-30-17-6-2-4-15(11-17)24-21(27)13-3-1-5-16(9-13)25(28)29/h1-11H,12H2,(H,24,27). The van der Waals surface area contributed by atoms with Gasteiger partial charge in [0.1, 0.15) is 0 Å². The summed E-state index contributed by atoms with van der Waals surface area (Å²) in [6.45, 7) is 0. The molecule has 0 saturated carbocycles. The Morgan fingerprint density at radius 1 is 1.00 bits per heavy atom. The average Bonchev–Trinajstić information content (AvgIpc) is 2.72. The number of hydrogen-bond acceptors (Lipinski definition) is 5. The zero-order chi connectivity index (χ0) is 21.7. The molecule has 0 aliphatic carbocycles. The molecule has 0 atom stereocenters. The maximum absolute atomic E-state index is 12.4. The van der Waals surface area contributed by atoms with E-state index in [1.807, 2.05) is 6.07 Å². The summed E-state index contributed by atoms with van der Waals surface area (Å²) in [5, 5.41) is 14.3. The van der Waals surface area contributed by atoms with Gasteiger partial charge in [-0.3, -0.25) is 19.7 Å². The molecule has 0 bridgehead atoms. The fraction of sp³-hybridized carbons (Fsp3) is 0.0476. The number of amides is 1. The molecule has 0 unspecified atom stereocenters. The van der Waals surface area contributed by atoms with Crippen LogP contribution in [0.15, 0.2) is 71.6 Å². The number of Topliss-reactive ketones (excluding diaryl/α,β-unsaturated/α-hetero) is 1. The van der Waals surface area contributed by atoms with Crippen molar-refractivity contribution >= 4 is 58.0 Å². The first-order chi connectivity index (χ1) is 14.3. The van der Waals surface area contributed by atoms with Crippen molar-refractivity contribution in [2.24, 2.45) is 0 Å². The van der Waals surface area contributed by atoms with Gasteiger partial charge in [0.2, 0.25) is 0 Å². The number of rotatable bonds is 7. The van der Waals surface area contributed by atoms with E-state index in [0.29, 0.717) is 21.3 Å². The minimum Gasteiger partial charge on any atom is -0.322 e. The Kier molecular flexibility index (Phi) is 7.10. The van der Waals surface area contributed by atoms with Crippen LogP contribution in [0.1, 0.15) is 20.7 Å². The molecule has 30 heavy (non-hydrogen) atoms. The third kappa shape index (κ3) is 5.60. The van der Waals surface area contributed by atoms with Gasteiger partial charge in [0.15, 0.2) is 5.78 Å². The van der Waals surface area contributed by atoms with Crippen molar-refractivity contribution in [3.05, 3.63) is 98.0 Å². The number of carbonyl (C=O) groups excluding carboxylic acids is 2. The van der Waals surface area contributed by atoms with E-state index in [1.165, 1.54) is 42.1 Å². The summed E-state index contributed by atoms with van der Waals surface area (Å²) in [5.41, 5.74) is 0.915. The second-order valence-electron chi connectivity index (χ2n) is 6.13. The fourth-order valence-electron chi connectivity index (χ4n) is 2.57. The van der Waals surface area contributed by atoms with E-state index in [-0.39, 0.29) is 22.8 Å². The topological polar surface area (TPSA) is 89.3 Å². The van der Waals surface area contributed by atoms with Gasteiger partial charge in [0.25, 0.3) is 11.6 Å². The molecule has 0 fully saturated rings. The van der Waals surface area contributed by atoms with E-state index in [0.717, 1.165) is 4.90 Å². The van der Waals surface area contributed by atoms with Crippen LogP contribution in [-0.4, -0.2) is 22.4 Å². The second-order valence-corrected chi connectivity index (χ2v) is 8.02. The van der Waals surface area contributed by atoms with Gasteiger partial charge in [-0.15, -0.1) is 11.8 Å². The normalized spacial score (nSPS) is 10.5. The van der Waals surface area contributed by atoms with E-state index in [4.69, 9.17) is 23.2 Å². The van der Waals surface area contributed by atoms with Crippen LogP contribution in [0, 0.1) is 10.1 Å². The number of non-ortho nitro benzene ring substituents is 1. The van der Waals surface area contributed by atoms with Crippen molar-refractivity contribution in [2.45, 2.75) is 4.90 Å². The zero-order valence-electron chi connectivity index (χ0n) is 15.3. The van der Waals surface area contributed by atoms with Crippen LogP contribution in [0.3, 0.4) is 0 Å². The lowest BCUT2D eigenvalue weighted by Gasteiger charge is -2.08. The third-order valence-corrected chi connectivity index (χ3v) is 5.55. The van der Waals surface area contributed by atoms with E-state index in [2.05, 4.69) is 5.32 Å². The molecule has 3 aromatic carbocycles. The number of ketones is 1. The van der Waals surface area contributed by atoms with Gasteiger partial charge in [-0.2, -0.15) is 0 Å². The molecular weight excluding hydrogens is 447 g/mol. The van der Waals surface area contributed by atoms with Gasteiger partial charge >= 0.3 is 0 Å². The molecule has 152 valence electrons. The monoisotopic (exact) mass is 460 g/mol. The molecule has 6 nitrogen and oxygen atoms in total. The van der Waals surface area contributed by atoms with Crippen molar-refractivity contribution in [3.8, 4) is 0 Å². The number of halogens is 2. The second kappa shape index (κ2) is 9.75. The van der Waals surface area contributed by atoms with Crippen LogP contribution in [0.4, 0.5) is 11.4 Å². The Morgan fingerprint density at radius 3 is 2.50 bits per heavy atom. The van der Waals surface area contributed by atoms with E-state index in [9.17, 15) is 19.7 Å². The minimum atomic E-state index is -0.558. The summed E-state index contributed by atoms with van der Waals surface area (Å²) in [6, 6.07) is 17.1. The molecular formula is C21H14Cl2N2O4S. The van der Waals surface area contributed by atoms with Crippen LogP contribution >= 0.6 is 35.0 Å². The van der Waals surface area contributed by atoms with Gasteiger partial charge in [-0.05, 0) is 42.5 Å². The molecule has 0 saturated heterocycles. The van der Waals surface area contributed by atoms with Crippen molar-refractivity contribution in [1.29, 1.82) is 0 Å². The van der Waals surface area contributed by atoms with Crippen molar-refractivity contribution in [1.82, 2.24) is 0 Å². The molecule has 3 rings (SSSR count). The molecule has 9 heteroatoms. The molecule has 0 aromatic heterocycles. The van der Waals surface area contributed by atoms with Crippen LogP contribution in [0.2, 0.25) is 10.0 Å². The smallest absolute Gasteiger partial charge is 0.270 e. The first kappa shape index (κ1) is 21.8. The number of nitro benzene ring substituents is 1. The first-order valence-corrected chi connectivity index (χ1v) is 10.3. The van der Waals surface area contributed by atoms with Crippen LogP contribution in [-0.2, 0) is 0 Å². The van der Waals surface area contributed by atoms with E-state index >= 15 is 0 Å². The quantitative estimate of drug-likeness (QED) is 0.198.